The minimum absolute atomic E-state index is 0.452. The molecule has 0 N–H and O–H groups in total. The Hall–Kier alpha value is -3.48. The van der Waals surface area contributed by atoms with Crippen molar-refractivity contribution in [3.8, 4) is 39.2 Å². The molecule has 0 bridgehead atoms. The molecule has 0 spiro atoms. The van der Waals surface area contributed by atoms with Crippen LogP contribution in [0.3, 0.4) is 0 Å². The third-order valence-corrected chi connectivity index (χ3v) is 8.79. The lowest BCUT2D eigenvalue weighted by Gasteiger charge is -2.26. The number of thiophene rings is 1. The molecule has 0 saturated carbocycles. The molecule has 1 aromatic heterocycles. The van der Waals surface area contributed by atoms with Crippen molar-refractivity contribution in [1.82, 2.24) is 4.90 Å². The molecule has 1 aliphatic heterocycles. The number of halogens is 3. The molecule has 0 aliphatic carbocycles. The number of likely N-dealkylation sites (tertiary alicyclic amines) is 1. The number of nitrogens with zero attached hydrogens (tertiary/aromatic N) is 1. The maximum Gasteiger partial charge on any atom is 0.534 e. The Morgan fingerprint density at radius 2 is 1.49 bits per heavy atom. The summed E-state index contributed by atoms with van der Waals surface area (Å²) in [7, 11) is -4.20. The molecule has 4 aromatic rings. The van der Waals surface area contributed by atoms with E-state index in [1.165, 1.54) is 54.9 Å². The zero-order valence-corrected chi connectivity index (χ0v) is 23.8. The van der Waals surface area contributed by atoms with E-state index in [-0.39, 0.29) is 0 Å². The molecule has 1 fully saturated rings. The second kappa shape index (κ2) is 12.2. The molecule has 7 nitrogen and oxygen atoms in total. The first kappa shape index (κ1) is 29.0. The number of rotatable bonds is 10. The molecule has 218 valence electrons. The van der Waals surface area contributed by atoms with Gasteiger partial charge in [-0.05, 0) is 98.2 Å². The van der Waals surface area contributed by atoms with Crippen molar-refractivity contribution in [2.24, 2.45) is 0 Å². The van der Waals surface area contributed by atoms with Crippen LogP contribution in [0.15, 0.2) is 66.7 Å². The summed E-state index contributed by atoms with van der Waals surface area (Å²) in [5.74, 6) is 2.06. The number of alkyl halides is 3. The van der Waals surface area contributed by atoms with Gasteiger partial charge in [-0.2, -0.15) is 21.6 Å². The summed E-state index contributed by atoms with van der Waals surface area (Å²) in [5, 5.41) is 0.813. The first-order valence-corrected chi connectivity index (χ1v) is 15.2. The van der Waals surface area contributed by atoms with Gasteiger partial charge in [0.05, 0.1) is 12.0 Å². The molecule has 1 saturated heterocycles. The van der Waals surface area contributed by atoms with Crippen LogP contribution in [0.4, 0.5) is 13.2 Å². The number of methoxy groups -OCH3 is 1. The Morgan fingerprint density at radius 3 is 2.15 bits per heavy atom. The molecular formula is C29H28F3NO6S2. The average Bonchev–Trinajstić information content (AvgIpc) is 3.31. The Labute approximate surface area is 240 Å². The van der Waals surface area contributed by atoms with Crippen LogP contribution in [0.1, 0.15) is 19.3 Å². The van der Waals surface area contributed by atoms with Crippen LogP contribution in [-0.2, 0) is 10.1 Å². The van der Waals surface area contributed by atoms with Crippen molar-refractivity contribution in [2.45, 2.75) is 24.8 Å². The third-order valence-electron chi connectivity index (χ3n) is 6.63. The summed E-state index contributed by atoms with van der Waals surface area (Å²) in [5.41, 5.74) is -4.92. The van der Waals surface area contributed by atoms with Crippen molar-refractivity contribution in [3.05, 3.63) is 66.7 Å². The average molecular weight is 608 g/mol. The predicted octanol–water partition coefficient (Wildman–Crippen LogP) is 7.46. The van der Waals surface area contributed by atoms with Crippen LogP contribution in [0, 0.1) is 0 Å². The van der Waals surface area contributed by atoms with Gasteiger partial charge in [-0.25, -0.2) is 0 Å². The van der Waals surface area contributed by atoms with Crippen molar-refractivity contribution >= 4 is 31.5 Å². The molecule has 1 aliphatic rings. The lowest BCUT2D eigenvalue weighted by molar-refractivity contribution is -0.0500. The molecule has 2 heterocycles. The predicted molar refractivity (Wildman–Crippen MR) is 152 cm³/mol. The van der Waals surface area contributed by atoms with Crippen LogP contribution < -0.4 is 18.4 Å². The SMILES string of the molecule is COc1ccc2c(Oc3ccc(OCCN4CCCCC4)cc3)c(-c3ccc(OS(=O)(=O)C(F)(F)F)cc3)sc2c1. The van der Waals surface area contributed by atoms with Crippen molar-refractivity contribution < 1.29 is 40.0 Å². The zero-order valence-electron chi connectivity index (χ0n) is 22.1. The standard InChI is InChI=1S/C29H28F3NO6S2/c1-36-24-13-14-25-26(19-24)40-28(20-5-7-23(8-6-20)39-41(34,35)29(30,31)32)27(25)38-22-11-9-21(10-12-22)37-18-17-33-15-3-2-4-16-33/h5-14,19H,2-4,15-18H2,1H3. The summed E-state index contributed by atoms with van der Waals surface area (Å²) >= 11 is 1.40. The maximum absolute atomic E-state index is 12.7. The quantitative estimate of drug-likeness (QED) is 0.137. The number of benzene rings is 3. The van der Waals surface area contributed by atoms with Crippen LogP contribution in [0.25, 0.3) is 20.5 Å². The van der Waals surface area contributed by atoms with E-state index in [1.54, 1.807) is 7.11 Å². The zero-order chi connectivity index (χ0) is 29.0. The summed E-state index contributed by atoms with van der Waals surface area (Å²) in [6.45, 7) is 3.71. The normalized spacial score (nSPS) is 14.6. The van der Waals surface area contributed by atoms with Gasteiger partial charge in [-0.1, -0.05) is 6.42 Å². The molecule has 0 amide bonds. The first-order valence-electron chi connectivity index (χ1n) is 13.0. The van der Waals surface area contributed by atoms with Gasteiger partial charge in [0.15, 0.2) is 5.75 Å². The second-order valence-corrected chi connectivity index (χ2v) is 12.0. The molecular weight excluding hydrogens is 579 g/mol. The lowest BCUT2D eigenvalue weighted by atomic mass is 10.1. The van der Waals surface area contributed by atoms with Crippen molar-refractivity contribution in [2.75, 3.05) is 33.4 Å². The van der Waals surface area contributed by atoms with E-state index >= 15 is 0 Å². The lowest BCUT2D eigenvalue weighted by Crippen LogP contribution is -2.33. The van der Waals surface area contributed by atoms with E-state index in [9.17, 15) is 21.6 Å². The minimum atomic E-state index is -5.77. The Balaban J connectivity index is 1.36. The van der Waals surface area contributed by atoms with Gasteiger partial charge in [-0.15, -0.1) is 11.3 Å². The monoisotopic (exact) mass is 607 g/mol. The van der Waals surface area contributed by atoms with Crippen LogP contribution >= 0.6 is 11.3 Å². The van der Waals surface area contributed by atoms with Gasteiger partial charge in [-0.3, -0.25) is 4.90 Å². The van der Waals surface area contributed by atoms with E-state index in [2.05, 4.69) is 9.08 Å². The molecule has 0 radical (unpaired) electrons. The smallest absolute Gasteiger partial charge is 0.497 e. The molecule has 12 heteroatoms. The van der Waals surface area contributed by atoms with Gasteiger partial charge in [0.25, 0.3) is 0 Å². The largest absolute Gasteiger partial charge is 0.534 e. The number of piperidine rings is 1. The van der Waals surface area contributed by atoms with Gasteiger partial charge < -0.3 is 18.4 Å². The highest BCUT2D eigenvalue weighted by Gasteiger charge is 2.48. The fourth-order valence-electron chi connectivity index (χ4n) is 4.50. The summed E-state index contributed by atoms with van der Waals surface area (Å²) in [4.78, 5) is 3.10. The Kier molecular flexibility index (Phi) is 8.62. The number of ether oxygens (including phenoxy) is 3. The van der Waals surface area contributed by atoms with E-state index in [1.807, 2.05) is 42.5 Å². The molecule has 0 atom stereocenters. The summed E-state index contributed by atoms with van der Waals surface area (Å²) in [6, 6.07) is 18.2. The van der Waals surface area contributed by atoms with Crippen LogP contribution in [0.5, 0.6) is 28.7 Å². The highest BCUT2D eigenvalue weighted by molar-refractivity contribution is 7.88. The molecule has 0 unspecified atom stereocenters. The van der Waals surface area contributed by atoms with Crippen molar-refractivity contribution in [1.29, 1.82) is 0 Å². The van der Waals surface area contributed by atoms with Gasteiger partial charge in [0, 0.05) is 16.6 Å². The van der Waals surface area contributed by atoms with Crippen molar-refractivity contribution in [3.63, 3.8) is 0 Å². The molecule has 3 aromatic carbocycles. The molecule has 41 heavy (non-hydrogen) atoms. The van der Waals surface area contributed by atoms with E-state index in [4.69, 9.17) is 14.2 Å². The first-order chi connectivity index (χ1) is 19.6. The van der Waals surface area contributed by atoms with Crippen LogP contribution in [0.2, 0.25) is 0 Å². The minimum Gasteiger partial charge on any atom is -0.497 e. The summed E-state index contributed by atoms with van der Waals surface area (Å²) in [6.07, 6.45) is 3.76. The number of hydrogen-bond donors (Lipinski definition) is 0. The van der Waals surface area contributed by atoms with E-state index in [0.29, 0.717) is 34.3 Å². The fraction of sp³-hybridized carbons (Fsp3) is 0.310. The van der Waals surface area contributed by atoms with Gasteiger partial charge in [0.1, 0.15) is 29.6 Å². The second-order valence-electron chi connectivity index (χ2n) is 9.45. The third kappa shape index (κ3) is 6.88. The van der Waals surface area contributed by atoms with Gasteiger partial charge in [0.2, 0.25) is 0 Å². The fourth-order valence-corrected chi connectivity index (χ4v) is 6.13. The highest BCUT2D eigenvalue weighted by atomic mass is 32.2. The Bertz CT molecular complexity index is 1580. The van der Waals surface area contributed by atoms with Gasteiger partial charge >= 0.3 is 15.6 Å². The van der Waals surface area contributed by atoms with E-state index < -0.39 is 21.4 Å². The Morgan fingerprint density at radius 1 is 0.854 bits per heavy atom. The van der Waals surface area contributed by atoms with Crippen LogP contribution in [-0.4, -0.2) is 52.2 Å². The van der Waals surface area contributed by atoms with E-state index in [0.717, 1.165) is 35.5 Å². The highest BCUT2D eigenvalue weighted by Crippen LogP contribution is 2.47. The summed E-state index contributed by atoms with van der Waals surface area (Å²) < 4.78 is 83.6. The topological polar surface area (TPSA) is 74.3 Å². The number of hydrogen-bond acceptors (Lipinski definition) is 8. The molecule has 5 rings (SSSR count). The maximum atomic E-state index is 12.7. The number of fused-ring (bicyclic) bond motifs is 1.